The molecule has 1 aliphatic carbocycles. The van der Waals surface area contributed by atoms with Gasteiger partial charge < -0.3 is 4.55 Å². The minimum absolute atomic E-state index is 0.0655. The lowest BCUT2D eigenvalue weighted by molar-refractivity contribution is -0.718. The molecule has 2 N–H and O–H groups in total. The van der Waals surface area contributed by atoms with E-state index in [1.165, 1.54) is 11.1 Å². The Balaban J connectivity index is 2.07. The van der Waals surface area contributed by atoms with Gasteiger partial charge in [-0.25, -0.2) is 4.39 Å². The second kappa shape index (κ2) is 10.7. The van der Waals surface area contributed by atoms with Crippen molar-refractivity contribution in [3.63, 3.8) is 0 Å². The fourth-order valence-electron chi connectivity index (χ4n) is 5.10. The van der Waals surface area contributed by atoms with Gasteiger partial charge in [-0.1, -0.05) is 75.3 Å². The van der Waals surface area contributed by atoms with E-state index < -0.39 is 24.2 Å². The number of hydrogen-bond donors (Lipinski definition) is 1. The first-order valence-corrected chi connectivity index (χ1v) is 16.6. The van der Waals surface area contributed by atoms with Crippen LogP contribution in [0.5, 0.6) is 0 Å². The van der Waals surface area contributed by atoms with Crippen LogP contribution in [0.1, 0.15) is 63.8 Å². The van der Waals surface area contributed by atoms with Gasteiger partial charge in [-0.2, -0.15) is 9.71 Å². The Bertz CT molecular complexity index is 1020. The predicted octanol–water partition coefficient (Wildman–Crippen LogP) is 5.74. The van der Waals surface area contributed by atoms with E-state index in [4.69, 9.17) is 5.14 Å². The summed E-state index contributed by atoms with van der Waals surface area (Å²) in [6.07, 6.45) is 5.83. The van der Waals surface area contributed by atoms with E-state index in [1.807, 2.05) is 24.5 Å². The van der Waals surface area contributed by atoms with E-state index in [-0.39, 0.29) is 11.7 Å². The number of halogens is 2. The Morgan fingerprint density at radius 3 is 2.42 bits per heavy atom. The Kier molecular flexibility index (Phi) is 8.65. The molecule has 1 aliphatic rings. The zero-order valence-corrected chi connectivity index (χ0v) is 23.9. The average Bonchev–Trinajstić information content (AvgIpc) is 3.21. The van der Waals surface area contributed by atoms with Crippen molar-refractivity contribution in [2.24, 2.45) is 5.14 Å². The van der Waals surface area contributed by atoms with Crippen LogP contribution in [-0.2, 0) is 24.3 Å². The zero-order chi connectivity index (χ0) is 24.4. The third-order valence-electron chi connectivity index (χ3n) is 7.62. The van der Waals surface area contributed by atoms with Gasteiger partial charge >= 0.3 is 0 Å². The number of allylic oxidation sites excluding steroid dienone is 1. The van der Waals surface area contributed by atoms with E-state index in [1.54, 1.807) is 0 Å². The largest absolute Gasteiger partial charge is 0.598 e. The van der Waals surface area contributed by atoms with Crippen molar-refractivity contribution in [1.29, 1.82) is 0 Å². The summed E-state index contributed by atoms with van der Waals surface area (Å²) in [5, 5.41) is 6.71. The van der Waals surface area contributed by atoms with Crippen LogP contribution in [0.2, 0.25) is 18.1 Å². The van der Waals surface area contributed by atoms with Crippen LogP contribution in [0, 0.1) is 5.82 Å². The molecule has 0 amide bonds. The summed E-state index contributed by atoms with van der Waals surface area (Å²) in [4.78, 5) is 0. The number of benzene rings is 1. The molecule has 2 atom stereocenters. The molecule has 0 aliphatic heterocycles. The van der Waals surface area contributed by atoms with E-state index in [0.717, 1.165) is 34.3 Å². The molecule has 0 spiro atoms. The third kappa shape index (κ3) is 5.32. The van der Waals surface area contributed by atoms with Gasteiger partial charge in [0, 0.05) is 45.7 Å². The third-order valence-corrected chi connectivity index (χ3v) is 15.1. The van der Waals surface area contributed by atoms with Gasteiger partial charge in [0.1, 0.15) is 0 Å². The summed E-state index contributed by atoms with van der Waals surface area (Å²) in [6, 6.07) is 13.5. The first-order valence-electron chi connectivity index (χ1n) is 11.9. The van der Waals surface area contributed by atoms with Crippen LogP contribution < -0.4 is 14.9 Å². The first kappa shape index (κ1) is 26.6. The summed E-state index contributed by atoms with van der Waals surface area (Å²) < 4.78 is 30.7. The lowest BCUT2D eigenvalue weighted by Gasteiger charge is -2.30. The van der Waals surface area contributed by atoms with Crippen LogP contribution >= 0.6 is 15.9 Å². The summed E-state index contributed by atoms with van der Waals surface area (Å²) in [5.74, 6) is 0.211. The van der Waals surface area contributed by atoms with Crippen molar-refractivity contribution in [2.45, 2.75) is 82.8 Å². The minimum Gasteiger partial charge on any atom is -0.598 e. The van der Waals surface area contributed by atoms with E-state index in [2.05, 4.69) is 73.1 Å². The maximum atomic E-state index is 16.4. The molecule has 180 valence electrons. The maximum absolute atomic E-state index is 16.4. The van der Waals surface area contributed by atoms with E-state index in [9.17, 15) is 4.55 Å². The summed E-state index contributed by atoms with van der Waals surface area (Å²) in [7, 11) is -1.94. The van der Waals surface area contributed by atoms with Crippen molar-refractivity contribution in [2.75, 3.05) is 0 Å². The molecule has 3 rings (SSSR count). The number of aromatic nitrogens is 1. The number of rotatable bonds is 10. The standard InChI is InChI=1S/C26H37BrFN2OSSi/c1-6-33(7-2,8-3)23-17-24(27)30(18-26(4,5)32(29)31)22(25(23)28)16-15-20-14-13-19-11-9-10-12-21(19)20/h9-14,17,20H,6-8,15-16,18,29H2,1-5H3/q+1/t20-,32?/m0/s1. The molecule has 1 unspecified atom stereocenters. The van der Waals surface area contributed by atoms with Gasteiger partial charge in [0.25, 0.3) is 0 Å². The first-order chi connectivity index (χ1) is 15.6. The van der Waals surface area contributed by atoms with Gasteiger partial charge in [-0.05, 0) is 36.6 Å². The van der Waals surface area contributed by atoms with Crippen molar-refractivity contribution in [3.8, 4) is 0 Å². The van der Waals surface area contributed by atoms with Crippen molar-refractivity contribution >= 4 is 46.6 Å². The molecule has 3 nitrogen and oxygen atoms in total. The normalized spacial score (nSPS) is 16.8. The van der Waals surface area contributed by atoms with E-state index >= 15 is 4.39 Å². The molecular formula is C26H37BrFN2OSSi+. The fraction of sp³-hybridized carbons (Fsp3) is 0.500. The average molecular weight is 553 g/mol. The lowest BCUT2D eigenvalue weighted by atomic mass is 9.95. The SMILES string of the molecule is CC[Si](CC)(CC)c1cc(Br)[n+](CC(C)(C)[S+](N)[O-])c(CC[C@@H]2C=Cc3ccccc32)c1F. The number of nitrogens with two attached hydrogens (primary N) is 1. The molecular weight excluding hydrogens is 515 g/mol. The molecule has 7 heteroatoms. The summed E-state index contributed by atoms with van der Waals surface area (Å²) >= 11 is 2.23. The highest BCUT2D eigenvalue weighted by Crippen LogP contribution is 2.33. The van der Waals surface area contributed by atoms with Crippen molar-refractivity contribution in [3.05, 3.63) is 63.6 Å². The van der Waals surface area contributed by atoms with Gasteiger partial charge in [0.2, 0.25) is 16.8 Å². The smallest absolute Gasteiger partial charge is 0.248 e. The maximum Gasteiger partial charge on any atom is 0.248 e. The molecule has 0 fully saturated rings. The molecule has 0 saturated carbocycles. The Morgan fingerprint density at radius 2 is 1.82 bits per heavy atom. The highest BCUT2D eigenvalue weighted by Gasteiger charge is 2.41. The molecule has 33 heavy (non-hydrogen) atoms. The van der Waals surface area contributed by atoms with Crippen LogP contribution in [0.4, 0.5) is 4.39 Å². The van der Waals surface area contributed by atoms with E-state index in [0.29, 0.717) is 18.7 Å². The van der Waals surface area contributed by atoms with Crippen LogP contribution in [0.15, 0.2) is 41.0 Å². The fourth-order valence-corrected chi connectivity index (χ4v) is 9.83. The number of hydrogen-bond acceptors (Lipinski definition) is 2. The van der Waals surface area contributed by atoms with Gasteiger partial charge in [0.15, 0.2) is 10.6 Å². The van der Waals surface area contributed by atoms with Crippen LogP contribution in [0.3, 0.4) is 0 Å². The van der Waals surface area contributed by atoms with Crippen LogP contribution in [0.25, 0.3) is 6.08 Å². The second-order valence-electron chi connectivity index (χ2n) is 9.76. The zero-order valence-electron chi connectivity index (χ0n) is 20.5. The lowest BCUT2D eigenvalue weighted by Crippen LogP contribution is -2.57. The molecule has 0 radical (unpaired) electrons. The Morgan fingerprint density at radius 1 is 1.18 bits per heavy atom. The van der Waals surface area contributed by atoms with Crippen LogP contribution in [-0.4, -0.2) is 17.4 Å². The molecule has 2 aromatic rings. The number of fused-ring (bicyclic) bond motifs is 1. The molecule has 1 heterocycles. The minimum atomic E-state index is -1.94. The predicted molar refractivity (Wildman–Crippen MR) is 144 cm³/mol. The van der Waals surface area contributed by atoms with Crippen molar-refractivity contribution < 1.29 is 13.5 Å². The quantitative estimate of drug-likeness (QED) is 0.177. The Labute approximate surface area is 211 Å². The summed E-state index contributed by atoms with van der Waals surface area (Å²) in [5.41, 5.74) is 3.25. The highest BCUT2D eigenvalue weighted by molar-refractivity contribution is 9.10. The van der Waals surface area contributed by atoms with Gasteiger partial charge in [-0.3, -0.25) is 0 Å². The molecule has 1 aromatic heterocycles. The monoisotopic (exact) mass is 551 g/mol. The topological polar surface area (TPSA) is 53.0 Å². The number of nitrogens with zero attached hydrogens (tertiary/aromatic N) is 1. The van der Waals surface area contributed by atoms with Gasteiger partial charge in [0.05, 0.1) is 8.07 Å². The second-order valence-corrected chi connectivity index (χ2v) is 17.5. The van der Waals surface area contributed by atoms with Gasteiger partial charge in [-0.15, -0.1) is 0 Å². The molecule has 0 bridgehead atoms. The Hall–Kier alpha value is -0.993. The number of pyridine rings is 1. The summed E-state index contributed by atoms with van der Waals surface area (Å²) in [6.45, 7) is 10.7. The molecule has 0 saturated heterocycles. The highest BCUT2D eigenvalue weighted by atomic mass is 79.9. The van der Waals surface area contributed by atoms with Crippen molar-refractivity contribution in [1.82, 2.24) is 0 Å². The molecule has 1 aromatic carbocycles.